The summed E-state index contributed by atoms with van der Waals surface area (Å²) in [5, 5.41) is 24.2. The Balaban J connectivity index is 0.000000291. The van der Waals surface area contributed by atoms with Crippen LogP contribution in [0.1, 0.15) is 33.4 Å². The Labute approximate surface area is 367 Å². The predicted molar refractivity (Wildman–Crippen MR) is 276 cm³/mol. The number of benzene rings is 5. The first-order valence-electron chi connectivity index (χ1n) is 21.4. The van der Waals surface area contributed by atoms with E-state index in [2.05, 4.69) is 177 Å². The van der Waals surface area contributed by atoms with Crippen LogP contribution < -0.4 is 10.4 Å². The van der Waals surface area contributed by atoms with Crippen LogP contribution in [0.25, 0.3) is 11.1 Å². The van der Waals surface area contributed by atoms with Gasteiger partial charge in [0.25, 0.3) is 0 Å². The van der Waals surface area contributed by atoms with Crippen molar-refractivity contribution in [2.24, 2.45) is 0 Å². The van der Waals surface area contributed by atoms with Crippen LogP contribution in [0, 0.1) is 0 Å². The molecule has 0 spiro atoms. The zero-order valence-corrected chi connectivity index (χ0v) is 45.0. The van der Waals surface area contributed by atoms with E-state index in [0.717, 1.165) is 22.3 Å². The molecule has 2 N–H and O–H groups in total. The maximum Gasteiger partial charge on any atom is 0.156 e. The van der Waals surface area contributed by atoms with Crippen LogP contribution in [-0.2, 0) is 26.5 Å². The molecule has 316 valence electrons. The lowest BCUT2D eigenvalue weighted by atomic mass is 9.67. The third kappa shape index (κ3) is 13.7. The van der Waals surface area contributed by atoms with E-state index >= 15 is 0 Å². The summed E-state index contributed by atoms with van der Waals surface area (Å²) in [7, 11) is -3.80. The second-order valence-corrected chi connectivity index (χ2v) is 33.5. The van der Waals surface area contributed by atoms with Gasteiger partial charge in [-0.2, -0.15) is 0 Å². The van der Waals surface area contributed by atoms with E-state index in [1.807, 2.05) is 24.3 Å². The van der Waals surface area contributed by atoms with Crippen LogP contribution in [0.15, 0.2) is 135 Å². The van der Waals surface area contributed by atoms with Gasteiger partial charge in [0.05, 0.1) is 23.0 Å². The van der Waals surface area contributed by atoms with Gasteiger partial charge in [0.2, 0.25) is 0 Å². The molecule has 0 amide bonds. The second-order valence-electron chi connectivity index (χ2n) is 17.0. The van der Waals surface area contributed by atoms with E-state index in [0.29, 0.717) is 12.8 Å². The minimum Gasteiger partial charge on any atom is -0.508 e. The molecule has 0 saturated heterocycles. The van der Waals surface area contributed by atoms with Gasteiger partial charge in [-0.1, -0.05) is 146 Å². The number of fused-ring (bicyclic) bond motifs is 3. The smallest absolute Gasteiger partial charge is 0.156 e. The Kier molecular flexibility index (Phi) is 20.2. The number of rotatable bonds is 12. The van der Waals surface area contributed by atoms with Gasteiger partial charge in [-0.15, -0.1) is 13.2 Å². The number of phenols is 2. The monoisotopic (exact) mass is 892 g/mol. The first-order valence-corrected chi connectivity index (χ1v) is 38.3. The Bertz CT molecular complexity index is 1920. The highest BCUT2D eigenvalue weighted by Gasteiger charge is 2.46. The Morgan fingerprint density at radius 3 is 1.07 bits per heavy atom. The molecule has 59 heavy (non-hydrogen) atoms. The van der Waals surface area contributed by atoms with Crippen molar-refractivity contribution in [2.45, 2.75) is 96.8 Å². The molecule has 0 atom stereocenters. The van der Waals surface area contributed by atoms with E-state index in [9.17, 15) is 10.2 Å². The average Bonchev–Trinajstić information content (AvgIpc) is 3.47. The molecule has 0 heterocycles. The largest absolute Gasteiger partial charge is 0.508 e. The molecule has 10 heteroatoms. The highest BCUT2D eigenvalue weighted by Crippen LogP contribution is 2.56. The van der Waals surface area contributed by atoms with Crippen molar-refractivity contribution >= 4 is 64.1 Å². The van der Waals surface area contributed by atoms with Gasteiger partial charge in [0.15, 0.2) is 36.2 Å². The first kappa shape index (κ1) is 49.8. The number of phenolic OH excluding ortho intramolecular Hbond substituents is 2. The first-order chi connectivity index (χ1) is 28.0. The summed E-state index contributed by atoms with van der Waals surface area (Å²) in [6, 6.07) is 38.1. The van der Waals surface area contributed by atoms with Crippen LogP contribution in [0.3, 0.4) is 0 Å². The average molecular weight is 894 g/mol. The van der Waals surface area contributed by atoms with Gasteiger partial charge in [-0.3, -0.25) is 0 Å². The Morgan fingerprint density at radius 2 is 0.797 bits per heavy atom. The molecule has 0 fully saturated rings. The molecule has 0 radical (unpaired) electrons. The normalized spacial score (nSPS) is 12.3. The number of aromatic hydroxyl groups is 2. The summed E-state index contributed by atoms with van der Waals surface area (Å²) < 4.78 is 11.1. The number of allylic oxidation sites excluding steroid dienone is 2. The van der Waals surface area contributed by atoms with E-state index in [-0.39, 0.29) is 11.5 Å². The highest BCUT2D eigenvalue weighted by molar-refractivity contribution is 6.72. The van der Waals surface area contributed by atoms with Gasteiger partial charge in [0.1, 0.15) is 11.5 Å². The van der Waals surface area contributed by atoms with Crippen molar-refractivity contribution in [3.63, 3.8) is 0 Å². The fourth-order valence-corrected chi connectivity index (χ4v) is 18.3. The van der Waals surface area contributed by atoms with Crippen LogP contribution in [-0.4, -0.2) is 64.0 Å². The molecule has 0 saturated carbocycles. The van der Waals surface area contributed by atoms with E-state index in [1.165, 1.54) is 22.3 Å². The zero-order valence-electron chi connectivity index (χ0n) is 38.1. The van der Waals surface area contributed by atoms with Crippen LogP contribution in [0.2, 0.25) is 78.6 Å². The molecular weight excluding hydrogens is 821 g/mol. The van der Waals surface area contributed by atoms with Gasteiger partial charge in [-0.05, 0) is 122 Å². The molecule has 0 bridgehead atoms. The molecule has 0 aliphatic heterocycles. The number of hydrogen-bond acceptors (Lipinski definition) is 4. The summed E-state index contributed by atoms with van der Waals surface area (Å²) in [5.41, 5.74) is 8.03. The number of hydrogen-bond donors (Lipinski definition) is 2. The van der Waals surface area contributed by atoms with Crippen molar-refractivity contribution < 1.29 is 18.4 Å². The van der Waals surface area contributed by atoms with Gasteiger partial charge in [0, 0.05) is 0 Å². The second kappa shape index (κ2) is 24.0. The van der Waals surface area contributed by atoms with Crippen molar-refractivity contribution in [2.75, 3.05) is 0 Å². The van der Waals surface area contributed by atoms with Crippen molar-refractivity contribution in [3.05, 3.63) is 168 Å². The lowest BCUT2D eigenvalue weighted by Gasteiger charge is -2.34. The van der Waals surface area contributed by atoms with E-state index < -0.39 is 59.2 Å². The summed E-state index contributed by atoms with van der Waals surface area (Å²) in [6.45, 7) is 35.0. The third-order valence-electron chi connectivity index (χ3n) is 10.1. The summed E-state index contributed by atoms with van der Waals surface area (Å²) >= 11 is 0. The van der Waals surface area contributed by atoms with Crippen molar-refractivity contribution in [1.29, 1.82) is 0 Å². The Morgan fingerprint density at radius 1 is 0.475 bits per heavy atom. The molecule has 1 aliphatic rings. The molecular formula is C49H72O4Si6. The van der Waals surface area contributed by atoms with Crippen LogP contribution in [0.4, 0.5) is 0 Å². The predicted octanol–water partition coefficient (Wildman–Crippen LogP) is 9.93. The molecule has 4 nitrogen and oxygen atoms in total. The minimum atomic E-state index is -0.667. The van der Waals surface area contributed by atoms with Gasteiger partial charge < -0.3 is 18.4 Å². The van der Waals surface area contributed by atoms with Gasteiger partial charge >= 0.3 is 0 Å². The fraction of sp³-hybridized carbons (Fsp3) is 0.306. The van der Waals surface area contributed by atoms with Crippen LogP contribution in [0.5, 0.6) is 11.5 Å². The zero-order chi connectivity index (χ0) is 43.9. The fourth-order valence-electron chi connectivity index (χ4n) is 7.65. The van der Waals surface area contributed by atoms with Crippen LogP contribution >= 0.6 is 0 Å². The molecule has 0 aromatic heterocycles. The Hall–Kier alpha value is -3.60. The minimum absolute atomic E-state index is 0.270. The summed E-state index contributed by atoms with van der Waals surface area (Å²) in [6.07, 6.45) is 4.78. The molecule has 6 rings (SSSR count). The molecule has 1 aliphatic carbocycles. The van der Waals surface area contributed by atoms with Crippen molar-refractivity contribution in [3.8, 4) is 22.6 Å². The lowest BCUT2D eigenvalue weighted by molar-refractivity contribution is 0.469. The van der Waals surface area contributed by atoms with Gasteiger partial charge in [-0.25, -0.2) is 0 Å². The quantitative estimate of drug-likeness (QED) is 0.0950. The summed E-state index contributed by atoms with van der Waals surface area (Å²) in [5.74, 6) is 0.540. The molecule has 5 aromatic rings. The third-order valence-corrected chi connectivity index (χ3v) is 22.2. The van der Waals surface area contributed by atoms with E-state index in [4.69, 9.17) is 8.23 Å². The lowest BCUT2D eigenvalue weighted by Crippen LogP contribution is -2.29. The topological polar surface area (TPSA) is 58.9 Å². The maximum absolute atomic E-state index is 10.5. The summed E-state index contributed by atoms with van der Waals surface area (Å²) in [4.78, 5) is 0. The maximum atomic E-state index is 10.5. The SMILES string of the molecule is C=CCc1cc(C2(c3ccc(O)c(CC=C)c3)c3ccccc3-c3ccccc32)ccc1O.C[SiH](C)O[SiH](C)C.C[SiH](C)O[SiH](C)C.C[SiH](C)c1ccc([SiH](C)C)cc1. The highest BCUT2D eigenvalue weighted by atomic mass is 28.4. The standard InChI is InChI=1S/C31H26O2.C10H18Si2.2C4H14OSi2/c1-3-9-21-19-23(15-17-29(21)32)31(24-16-18-30(33)22(20-24)10-4-2)27-13-7-5-11-25(27)26-12-6-8-14-28(26)31;1-11(2)9-5-7-10(8-6-9)12(3)4;2*1-6(2)5-7(3)4/h3-8,11-20,32-33H,1-2,9-10H2;5-8,11-12H,1-4H3;2*6-7H,1-4H3. The molecule has 0 unspecified atom stereocenters. The van der Waals surface area contributed by atoms with E-state index in [1.54, 1.807) is 22.5 Å². The van der Waals surface area contributed by atoms with Crippen molar-refractivity contribution in [1.82, 2.24) is 0 Å². The molecule has 5 aromatic carbocycles.